The largest absolute Gasteiger partial charge is 0.317 e. The Morgan fingerprint density at radius 3 is 2.67 bits per heavy atom. The van der Waals surface area contributed by atoms with E-state index in [9.17, 15) is 0 Å². The third-order valence-corrected chi connectivity index (χ3v) is 4.57. The minimum Gasteiger partial charge on any atom is -0.317 e. The number of rotatable bonds is 5. The van der Waals surface area contributed by atoms with Crippen LogP contribution in [0.2, 0.25) is 0 Å². The lowest BCUT2D eigenvalue weighted by molar-refractivity contribution is 0.618. The van der Waals surface area contributed by atoms with Crippen LogP contribution >= 0.6 is 11.8 Å². The zero-order chi connectivity index (χ0) is 10.9. The molecule has 4 nitrogen and oxygen atoms in total. The number of nitrogens with zero attached hydrogens (tertiary/aromatic N) is 3. The zero-order valence-corrected chi connectivity index (χ0v) is 10.4. The highest BCUT2D eigenvalue weighted by atomic mass is 32.2. The van der Waals surface area contributed by atoms with Crippen LogP contribution in [0.3, 0.4) is 0 Å². The van der Waals surface area contributed by atoms with Gasteiger partial charge in [-0.1, -0.05) is 0 Å². The van der Waals surface area contributed by atoms with Crippen molar-refractivity contribution in [2.24, 2.45) is 7.05 Å². The number of thioether (sulfide) groups is 1. The van der Waals surface area contributed by atoms with Crippen LogP contribution in [0.1, 0.15) is 24.5 Å². The van der Waals surface area contributed by atoms with E-state index in [0.717, 1.165) is 24.7 Å². The van der Waals surface area contributed by atoms with Gasteiger partial charge in [0.05, 0.1) is 6.54 Å². The van der Waals surface area contributed by atoms with Gasteiger partial charge in [-0.05, 0) is 26.0 Å². The average molecular weight is 226 g/mol. The Bertz CT molecular complexity index is 343. The average Bonchev–Trinajstić information content (AvgIpc) is 2.96. The molecule has 1 heterocycles. The van der Waals surface area contributed by atoms with Gasteiger partial charge in [-0.2, -0.15) is 11.8 Å². The Hall–Kier alpha value is -0.550. The van der Waals surface area contributed by atoms with E-state index < -0.39 is 0 Å². The molecule has 15 heavy (non-hydrogen) atoms. The second-order valence-electron chi connectivity index (χ2n) is 4.21. The van der Waals surface area contributed by atoms with E-state index in [-0.39, 0.29) is 0 Å². The monoisotopic (exact) mass is 226 g/mol. The molecular formula is C10H18N4S. The van der Waals surface area contributed by atoms with Crippen molar-refractivity contribution >= 4 is 11.8 Å². The number of aryl methyl sites for hydroxylation is 1. The predicted octanol–water partition coefficient (Wildman–Crippen LogP) is 1.11. The highest BCUT2D eigenvalue weighted by molar-refractivity contribution is 8.00. The van der Waals surface area contributed by atoms with Gasteiger partial charge in [-0.3, -0.25) is 0 Å². The molecule has 1 N–H and O–H groups in total. The third-order valence-electron chi connectivity index (χ3n) is 3.15. The van der Waals surface area contributed by atoms with Crippen molar-refractivity contribution in [1.82, 2.24) is 20.1 Å². The first kappa shape index (κ1) is 11.0. The first-order chi connectivity index (χ1) is 7.17. The molecule has 1 aliphatic carbocycles. The molecule has 1 fully saturated rings. The smallest absolute Gasteiger partial charge is 0.146 e. The van der Waals surface area contributed by atoms with Crippen LogP contribution in [-0.2, 0) is 13.6 Å². The molecule has 1 aromatic heterocycles. The summed E-state index contributed by atoms with van der Waals surface area (Å²) in [6, 6.07) is 0. The van der Waals surface area contributed by atoms with Gasteiger partial charge in [-0.15, -0.1) is 10.2 Å². The van der Waals surface area contributed by atoms with Gasteiger partial charge in [-0.25, -0.2) is 0 Å². The highest BCUT2D eigenvalue weighted by Gasteiger charge is 2.41. The topological polar surface area (TPSA) is 42.7 Å². The Morgan fingerprint density at radius 1 is 1.47 bits per heavy atom. The van der Waals surface area contributed by atoms with Crippen molar-refractivity contribution in [3.63, 3.8) is 0 Å². The predicted molar refractivity (Wildman–Crippen MR) is 62.9 cm³/mol. The van der Waals surface area contributed by atoms with Gasteiger partial charge in [0.15, 0.2) is 0 Å². The summed E-state index contributed by atoms with van der Waals surface area (Å²) in [5, 5.41) is 11.6. The minimum atomic E-state index is 0.521. The van der Waals surface area contributed by atoms with Gasteiger partial charge in [0.1, 0.15) is 11.6 Å². The summed E-state index contributed by atoms with van der Waals surface area (Å²) >= 11 is 1.98. The fourth-order valence-corrected chi connectivity index (χ4v) is 2.36. The van der Waals surface area contributed by atoms with Crippen LogP contribution in [0.5, 0.6) is 0 Å². The molecule has 0 atom stereocenters. The molecule has 0 amide bonds. The molecule has 0 saturated heterocycles. The van der Waals surface area contributed by atoms with Gasteiger partial charge in [0, 0.05) is 18.3 Å². The Balaban J connectivity index is 1.81. The van der Waals surface area contributed by atoms with Gasteiger partial charge >= 0.3 is 0 Å². The molecule has 0 radical (unpaired) electrons. The first-order valence-corrected chi connectivity index (χ1v) is 6.50. The van der Waals surface area contributed by atoms with E-state index >= 15 is 0 Å². The number of aromatic nitrogens is 3. The maximum Gasteiger partial charge on any atom is 0.146 e. The Morgan fingerprint density at radius 2 is 2.20 bits per heavy atom. The molecule has 0 bridgehead atoms. The fourth-order valence-electron chi connectivity index (χ4n) is 1.60. The Labute approximate surface area is 94.8 Å². The molecule has 0 unspecified atom stereocenters. The van der Waals surface area contributed by atoms with Crippen molar-refractivity contribution < 1.29 is 0 Å². The molecule has 1 saturated carbocycles. The molecule has 2 rings (SSSR count). The standard InChI is InChI=1S/C10H18N4S/c1-8-12-13-9(14(8)2)6-11-7-10(15-3)4-5-10/h11H,4-7H2,1-3H3. The van der Waals surface area contributed by atoms with Crippen LogP contribution < -0.4 is 5.32 Å². The van der Waals surface area contributed by atoms with Crippen LogP contribution in [0.4, 0.5) is 0 Å². The van der Waals surface area contributed by atoms with Crippen molar-refractivity contribution in [1.29, 1.82) is 0 Å². The Kier molecular flexibility index (Phi) is 3.02. The number of nitrogens with one attached hydrogen (secondary N) is 1. The van der Waals surface area contributed by atoms with E-state index in [4.69, 9.17) is 0 Å². The quantitative estimate of drug-likeness (QED) is 0.816. The second kappa shape index (κ2) is 4.14. The van der Waals surface area contributed by atoms with E-state index in [2.05, 4.69) is 21.8 Å². The van der Waals surface area contributed by atoms with Crippen LogP contribution in [-0.4, -0.2) is 32.3 Å². The summed E-state index contributed by atoms with van der Waals surface area (Å²) in [5.74, 6) is 1.99. The molecule has 1 aromatic rings. The van der Waals surface area contributed by atoms with E-state index in [1.807, 2.05) is 30.3 Å². The van der Waals surface area contributed by atoms with Gasteiger partial charge < -0.3 is 9.88 Å². The lowest BCUT2D eigenvalue weighted by atomic mass is 10.4. The van der Waals surface area contributed by atoms with E-state index in [1.165, 1.54) is 12.8 Å². The van der Waals surface area contributed by atoms with Crippen molar-refractivity contribution in [2.45, 2.75) is 31.1 Å². The van der Waals surface area contributed by atoms with Gasteiger partial charge in [0.2, 0.25) is 0 Å². The van der Waals surface area contributed by atoms with Crippen LogP contribution in [0.25, 0.3) is 0 Å². The lowest BCUT2D eigenvalue weighted by Gasteiger charge is -2.12. The minimum absolute atomic E-state index is 0.521. The van der Waals surface area contributed by atoms with Crippen LogP contribution in [0, 0.1) is 6.92 Å². The molecule has 0 aliphatic heterocycles. The molecule has 5 heteroatoms. The number of hydrogen-bond acceptors (Lipinski definition) is 4. The highest BCUT2D eigenvalue weighted by Crippen LogP contribution is 2.46. The molecule has 0 aromatic carbocycles. The lowest BCUT2D eigenvalue weighted by Crippen LogP contribution is -2.26. The maximum atomic E-state index is 4.12. The third kappa shape index (κ3) is 2.34. The van der Waals surface area contributed by atoms with E-state index in [1.54, 1.807) is 0 Å². The van der Waals surface area contributed by atoms with Crippen molar-refractivity contribution in [3.05, 3.63) is 11.6 Å². The maximum absolute atomic E-state index is 4.12. The molecule has 0 spiro atoms. The summed E-state index contributed by atoms with van der Waals surface area (Å²) in [7, 11) is 2.01. The summed E-state index contributed by atoms with van der Waals surface area (Å²) in [6.07, 6.45) is 4.89. The fraction of sp³-hybridized carbons (Fsp3) is 0.800. The summed E-state index contributed by atoms with van der Waals surface area (Å²) < 4.78 is 2.55. The van der Waals surface area contributed by atoms with E-state index in [0.29, 0.717) is 4.75 Å². The van der Waals surface area contributed by atoms with Crippen molar-refractivity contribution in [2.75, 3.05) is 12.8 Å². The summed E-state index contributed by atoms with van der Waals surface area (Å²) in [6.45, 7) is 3.88. The molecular weight excluding hydrogens is 208 g/mol. The summed E-state index contributed by atoms with van der Waals surface area (Å²) in [5.41, 5.74) is 0. The normalized spacial score (nSPS) is 18.1. The number of hydrogen-bond donors (Lipinski definition) is 1. The SMILES string of the molecule is CSC1(CNCc2nnc(C)n2C)CC1. The van der Waals surface area contributed by atoms with Crippen LogP contribution in [0.15, 0.2) is 0 Å². The molecule has 84 valence electrons. The second-order valence-corrected chi connectivity index (χ2v) is 5.49. The van der Waals surface area contributed by atoms with Crippen molar-refractivity contribution in [3.8, 4) is 0 Å². The first-order valence-electron chi connectivity index (χ1n) is 5.28. The summed E-state index contributed by atoms with van der Waals surface area (Å²) in [4.78, 5) is 0. The van der Waals surface area contributed by atoms with Gasteiger partial charge in [0.25, 0.3) is 0 Å². The molecule has 1 aliphatic rings. The zero-order valence-electron chi connectivity index (χ0n) is 9.58.